The zero-order valence-electron chi connectivity index (χ0n) is 8.90. The van der Waals surface area contributed by atoms with Crippen molar-refractivity contribution in [2.75, 3.05) is 7.11 Å². The van der Waals surface area contributed by atoms with Crippen molar-refractivity contribution < 1.29 is 24.1 Å². The molecule has 0 saturated carbocycles. The van der Waals surface area contributed by atoms with Crippen molar-refractivity contribution in [3.05, 3.63) is 35.6 Å². The van der Waals surface area contributed by atoms with E-state index in [0.29, 0.717) is 0 Å². The Hall–Kier alpha value is -2.30. The Balaban J connectivity index is 2.81. The summed E-state index contributed by atoms with van der Waals surface area (Å²) in [4.78, 5) is 11.3. The molecule has 0 bridgehead atoms. The first-order valence-electron chi connectivity index (χ1n) is 4.77. The molecular weight excluding hydrogens is 227 g/mol. The van der Waals surface area contributed by atoms with Crippen LogP contribution in [-0.4, -0.2) is 23.3 Å². The highest BCUT2D eigenvalue weighted by Crippen LogP contribution is 2.35. The molecule has 0 amide bonds. The Morgan fingerprint density at radius 1 is 1.24 bits per heavy atom. The molecule has 2 rings (SSSR count). The summed E-state index contributed by atoms with van der Waals surface area (Å²) in [6.45, 7) is 0. The predicted octanol–water partition coefficient (Wildman–Crippen LogP) is 2.18. The lowest BCUT2D eigenvalue weighted by Crippen LogP contribution is -2.01. The number of hydrogen-bond donors (Lipinski definition) is 2. The van der Waals surface area contributed by atoms with Crippen LogP contribution in [0, 0.1) is 5.82 Å². The summed E-state index contributed by atoms with van der Waals surface area (Å²) >= 11 is 0. The molecule has 0 aliphatic carbocycles. The zero-order valence-corrected chi connectivity index (χ0v) is 8.90. The van der Waals surface area contributed by atoms with E-state index < -0.39 is 11.8 Å². The second-order valence-electron chi connectivity index (χ2n) is 3.47. The van der Waals surface area contributed by atoms with Gasteiger partial charge in [0, 0.05) is 10.8 Å². The van der Waals surface area contributed by atoms with Crippen LogP contribution in [0.2, 0.25) is 0 Å². The van der Waals surface area contributed by atoms with Crippen LogP contribution in [-0.2, 0) is 4.74 Å². The SMILES string of the molecule is COC(=O)c1cc(O)c2cc(F)ccc2c1O. The third kappa shape index (κ3) is 1.75. The number of fused-ring (bicyclic) bond motifs is 1. The number of methoxy groups -OCH3 is 1. The highest BCUT2D eigenvalue weighted by atomic mass is 19.1. The maximum Gasteiger partial charge on any atom is 0.341 e. The largest absolute Gasteiger partial charge is 0.507 e. The van der Waals surface area contributed by atoms with Gasteiger partial charge in [-0.3, -0.25) is 0 Å². The normalized spacial score (nSPS) is 10.5. The highest BCUT2D eigenvalue weighted by molar-refractivity contribution is 6.03. The number of aromatic hydroxyl groups is 2. The molecule has 4 nitrogen and oxygen atoms in total. The third-order valence-corrected chi connectivity index (χ3v) is 2.45. The molecule has 2 aromatic rings. The Labute approximate surface area is 95.9 Å². The number of carbonyl (C=O) groups excluding carboxylic acids is 1. The lowest BCUT2D eigenvalue weighted by atomic mass is 10.0. The van der Waals surface area contributed by atoms with Crippen LogP contribution < -0.4 is 0 Å². The van der Waals surface area contributed by atoms with Gasteiger partial charge in [-0.2, -0.15) is 0 Å². The van der Waals surface area contributed by atoms with Gasteiger partial charge in [0.05, 0.1) is 7.11 Å². The van der Waals surface area contributed by atoms with E-state index in [1.54, 1.807) is 0 Å². The first kappa shape index (κ1) is 11.2. The van der Waals surface area contributed by atoms with Gasteiger partial charge in [0.15, 0.2) is 0 Å². The molecule has 2 N–H and O–H groups in total. The van der Waals surface area contributed by atoms with Crippen molar-refractivity contribution in [2.45, 2.75) is 0 Å². The van der Waals surface area contributed by atoms with Crippen LogP contribution in [0.25, 0.3) is 10.8 Å². The number of phenols is 2. The van der Waals surface area contributed by atoms with E-state index in [9.17, 15) is 19.4 Å². The monoisotopic (exact) mass is 236 g/mol. The molecule has 0 aliphatic heterocycles. The molecule has 88 valence electrons. The van der Waals surface area contributed by atoms with E-state index in [1.807, 2.05) is 0 Å². The lowest BCUT2D eigenvalue weighted by molar-refractivity contribution is 0.0597. The molecule has 0 aliphatic rings. The van der Waals surface area contributed by atoms with Gasteiger partial charge in [-0.1, -0.05) is 0 Å². The quantitative estimate of drug-likeness (QED) is 0.588. The summed E-state index contributed by atoms with van der Waals surface area (Å²) in [6.07, 6.45) is 0. The average molecular weight is 236 g/mol. The van der Waals surface area contributed by atoms with E-state index in [2.05, 4.69) is 4.74 Å². The van der Waals surface area contributed by atoms with Gasteiger partial charge in [-0.15, -0.1) is 0 Å². The number of benzene rings is 2. The van der Waals surface area contributed by atoms with Crippen molar-refractivity contribution in [3.63, 3.8) is 0 Å². The second-order valence-corrected chi connectivity index (χ2v) is 3.47. The van der Waals surface area contributed by atoms with Crippen LogP contribution in [0.3, 0.4) is 0 Å². The molecule has 17 heavy (non-hydrogen) atoms. The fraction of sp³-hybridized carbons (Fsp3) is 0.0833. The topological polar surface area (TPSA) is 66.8 Å². The number of halogens is 1. The van der Waals surface area contributed by atoms with Gasteiger partial charge < -0.3 is 14.9 Å². The summed E-state index contributed by atoms with van der Waals surface area (Å²) < 4.78 is 17.4. The van der Waals surface area contributed by atoms with E-state index in [4.69, 9.17) is 0 Å². The molecule has 0 spiro atoms. The summed E-state index contributed by atoms with van der Waals surface area (Å²) in [5, 5.41) is 19.8. The minimum Gasteiger partial charge on any atom is -0.507 e. The molecule has 5 heteroatoms. The first-order valence-corrected chi connectivity index (χ1v) is 4.77. The number of rotatable bonds is 1. The number of esters is 1. The smallest absolute Gasteiger partial charge is 0.341 e. The highest BCUT2D eigenvalue weighted by Gasteiger charge is 2.17. The van der Waals surface area contributed by atoms with Crippen molar-refractivity contribution in [1.29, 1.82) is 0 Å². The van der Waals surface area contributed by atoms with Gasteiger partial charge in [0.25, 0.3) is 0 Å². The van der Waals surface area contributed by atoms with Gasteiger partial charge in [-0.25, -0.2) is 9.18 Å². The Morgan fingerprint density at radius 2 is 1.94 bits per heavy atom. The molecule has 0 aromatic heterocycles. The second kappa shape index (κ2) is 3.93. The van der Waals surface area contributed by atoms with E-state index in [1.165, 1.54) is 6.07 Å². The van der Waals surface area contributed by atoms with Crippen molar-refractivity contribution >= 4 is 16.7 Å². The van der Waals surface area contributed by atoms with Crippen molar-refractivity contribution in [3.8, 4) is 11.5 Å². The van der Waals surface area contributed by atoms with Crippen LogP contribution in [0.5, 0.6) is 11.5 Å². The van der Waals surface area contributed by atoms with E-state index in [-0.39, 0.29) is 27.8 Å². The fourth-order valence-electron chi connectivity index (χ4n) is 1.63. The standard InChI is InChI=1S/C12H9FO4/c1-17-12(16)9-5-10(14)8-4-6(13)2-3-7(8)11(9)15/h2-5,14-15H,1H3. The Bertz CT molecular complexity index is 607. The molecule has 0 radical (unpaired) electrons. The number of hydrogen-bond acceptors (Lipinski definition) is 4. The summed E-state index contributed by atoms with van der Waals surface area (Å²) in [5.41, 5.74) is -0.163. The van der Waals surface area contributed by atoms with Crippen LogP contribution in [0.4, 0.5) is 4.39 Å². The summed E-state index contributed by atoms with van der Waals surface area (Å²) in [5.74, 6) is -1.95. The number of carbonyl (C=O) groups is 1. The zero-order chi connectivity index (χ0) is 12.6. The van der Waals surface area contributed by atoms with E-state index >= 15 is 0 Å². The Kier molecular flexibility index (Phi) is 2.59. The minimum absolute atomic E-state index is 0.134. The van der Waals surface area contributed by atoms with Gasteiger partial charge in [0.2, 0.25) is 0 Å². The van der Waals surface area contributed by atoms with Crippen molar-refractivity contribution in [2.24, 2.45) is 0 Å². The number of phenolic OH excluding ortho intramolecular Hbond substituents is 2. The average Bonchev–Trinajstić information content (AvgIpc) is 2.32. The minimum atomic E-state index is -0.774. The fourth-order valence-corrected chi connectivity index (χ4v) is 1.63. The molecule has 0 fully saturated rings. The maximum atomic E-state index is 13.0. The molecular formula is C12H9FO4. The van der Waals surface area contributed by atoms with Crippen LogP contribution >= 0.6 is 0 Å². The molecule has 0 heterocycles. The molecule has 0 saturated heterocycles. The predicted molar refractivity (Wildman–Crippen MR) is 58.6 cm³/mol. The van der Waals surface area contributed by atoms with Gasteiger partial charge in [-0.05, 0) is 24.3 Å². The first-order chi connectivity index (χ1) is 8.04. The van der Waals surface area contributed by atoms with E-state index in [0.717, 1.165) is 25.3 Å². The van der Waals surface area contributed by atoms with Gasteiger partial charge in [0.1, 0.15) is 22.9 Å². The molecule has 0 atom stereocenters. The van der Waals surface area contributed by atoms with Crippen LogP contribution in [0.1, 0.15) is 10.4 Å². The van der Waals surface area contributed by atoms with Gasteiger partial charge >= 0.3 is 5.97 Å². The number of ether oxygens (including phenoxy) is 1. The molecule has 2 aromatic carbocycles. The maximum absolute atomic E-state index is 13.0. The Morgan fingerprint density at radius 3 is 2.59 bits per heavy atom. The molecule has 0 unspecified atom stereocenters. The third-order valence-electron chi connectivity index (χ3n) is 2.45. The van der Waals surface area contributed by atoms with Crippen LogP contribution in [0.15, 0.2) is 24.3 Å². The summed E-state index contributed by atoms with van der Waals surface area (Å²) in [6, 6.07) is 4.53. The van der Waals surface area contributed by atoms with Crippen molar-refractivity contribution in [1.82, 2.24) is 0 Å². The lowest BCUT2D eigenvalue weighted by Gasteiger charge is -2.08. The summed E-state index contributed by atoms with van der Waals surface area (Å²) in [7, 11) is 1.16.